The molecule has 1 heterocycles. The summed E-state index contributed by atoms with van der Waals surface area (Å²) in [5, 5.41) is 40.1. The van der Waals surface area contributed by atoms with Crippen LogP contribution in [0.1, 0.15) is 39.5 Å². The molecule has 2 aromatic rings. The molecule has 5 atom stereocenters. The third kappa shape index (κ3) is 4.49. The van der Waals surface area contributed by atoms with Crippen molar-refractivity contribution in [2.45, 2.75) is 63.1 Å². The van der Waals surface area contributed by atoms with Gasteiger partial charge in [-0.1, -0.05) is 18.2 Å². The molecule has 4 rings (SSSR count). The first-order valence-electron chi connectivity index (χ1n) is 10.4. The Morgan fingerprint density at radius 1 is 1.00 bits per heavy atom. The molecule has 0 unspecified atom stereocenters. The molecule has 32 heavy (non-hydrogen) atoms. The fourth-order valence-electron chi connectivity index (χ4n) is 4.31. The second-order valence-corrected chi connectivity index (χ2v) is 8.39. The highest BCUT2D eigenvalue weighted by Crippen LogP contribution is 2.40. The number of hydrogen-bond acceptors (Lipinski definition) is 6. The molecule has 6 nitrogen and oxygen atoms in total. The highest BCUT2D eigenvalue weighted by atomic mass is 19.4. The first-order chi connectivity index (χ1) is 15.1. The molecule has 1 fully saturated rings. The summed E-state index contributed by atoms with van der Waals surface area (Å²) < 4.78 is 48.9. The summed E-state index contributed by atoms with van der Waals surface area (Å²) in [7, 11) is 0. The maximum Gasteiger partial charge on any atom is 0.573 e. The number of benzene rings is 2. The first-order valence-corrected chi connectivity index (χ1v) is 10.4. The van der Waals surface area contributed by atoms with Crippen LogP contribution in [0.3, 0.4) is 0 Å². The van der Waals surface area contributed by atoms with Crippen molar-refractivity contribution in [2.75, 3.05) is 6.61 Å². The van der Waals surface area contributed by atoms with E-state index in [0.717, 1.165) is 18.4 Å². The number of alkyl halides is 3. The molecule has 2 aliphatic rings. The van der Waals surface area contributed by atoms with Crippen molar-refractivity contribution in [3.05, 3.63) is 63.7 Å². The minimum Gasteiger partial charge on any atom is -0.405 e. The highest BCUT2D eigenvalue weighted by Gasteiger charge is 2.45. The van der Waals surface area contributed by atoms with Crippen molar-refractivity contribution in [3.63, 3.8) is 0 Å². The molecular weight excluding hydrogens is 429 g/mol. The predicted molar refractivity (Wildman–Crippen MR) is 107 cm³/mol. The number of aliphatic hydroxyl groups is 4. The molecular formula is C23H25F3O6. The molecule has 4 N–H and O–H groups in total. The van der Waals surface area contributed by atoms with Crippen molar-refractivity contribution >= 4 is 0 Å². The zero-order valence-corrected chi connectivity index (χ0v) is 17.3. The summed E-state index contributed by atoms with van der Waals surface area (Å²) in [5.74, 6) is -0.569. The summed E-state index contributed by atoms with van der Waals surface area (Å²) >= 11 is 0. The van der Waals surface area contributed by atoms with E-state index in [2.05, 4.69) is 10.8 Å². The van der Waals surface area contributed by atoms with Crippen LogP contribution < -0.4 is 4.74 Å². The molecule has 1 aliphatic heterocycles. The van der Waals surface area contributed by atoms with Crippen molar-refractivity contribution in [1.29, 1.82) is 0 Å². The molecule has 1 aliphatic carbocycles. The predicted octanol–water partition coefficient (Wildman–Crippen LogP) is 2.10. The summed E-state index contributed by atoms with van der Waals surface area (Å²) in [6.07, 6.45) is -10.3. The Hall–Kier alpha value is -2.17. The van der Waals surface area contributed by atoms with E-state index >= 15 is 0 Å². The van der Waals surface area contributed by atoms with Gasteiger partial charge in [0.15, 0.2) is 0 Å². The van der Waals surface area contributed by atoms with Gasteiger partial charge >= 0.3 is 6.36 Å². The van der Waals surface area contributed by atoms with Gasteiger partial charge in [0, 0.05) is 5.56 Å². The van der Waals surface area contributed by atoms with Crippen LogP contribution in [0.2, 0.25) is 0 Å². The van der Waals surface area contributed by atoms with E-state index in [-0.39, 0.29) is 5.56 Å². The lowest BCUT2D eigenvalue weighted by molar-refractivity contribution is -0.276. The molecule has 174 valence electrons. The summed E-state index contributed by atoms with van der Waals surface area (Å²) in [6, 6.07) is 8.78. The molecule has 1 saturated heterocycles. The Labute approximate surface area is 182 Å². The minimum atomic E-state index is -4.99. The van der Waals surface area contributed by atoms with Crippen LogP contribution in [0.5, 0.6) is 5.75 Å². The number of ether oxygens (including phenoxy) is 2. The molecule has 0 bridgehead atoms. The van der Waals surface area contributed by atoms with Crippen LogP contribution in [0.4, 0.5) is 13.2 Å². The molecule has 0 amide bonds. The largest absolute Gasteiger partial charge is 0.573 e. The number of halogens is 3. The van der Waals surface area contributed by atoms with Crippen molar-refractivity contribution < 1.29 is 43.1 Å². The van der Waals surface area contributed by atoms with E-state index in [1.807, 2.05) is 12.1 Å². The third-order valence-corrected chi connectivity index (χ3v) is 6.22. The van der Waals surface area contributed by atoms with Crippen LogP contribution >= 0.6 is 0 Å². The number of fused-ring (bicyclic) bond motifs is 1. The van der Waals surface area contributed by atoms with E-state index in [9.17, 15) is 33.6 Å². The van der Waals surface area contributed by atoms with E-state index in [4.69, 9.17) is 4.74 Å². The van der Waals surface area contributed by atoms with Gasteiger partial charge in [-0.3, -0.25) is 0 Å². The SMILES string of the molecule is Cc1cc(OC(F)(F)F)c([C@@H]2O[C@H](CO)[C@@H](O)[C@H](O)[C@H]2O)cc1Cc1ccc2c(c1)CC2. The summed E-state index contributed by atoms with van der Waals surface area (Å²) in [6.45, 7) is 0.974. The third-order valence-electron chi connectivity index (χ3n) is 6.22. The fraction of sp³-hybridized carbons (Fsp3) is 0.478. The van der Waals surface area contributed by atoms with Gasteiger partial charge in [0.25, 0.3) is 0 Å². The van der Waals surface area contributed by atoms with Gasteiger partial charge in [-0.15, -0.1) is 13.2 Å². The Morgan fingerprint density at radius 3 is 2.31 bits per heavy atom. The molecule has 2 aromatic carbocycles. The second-order valence-electron chi connectivity index (χ2n) is 8.39. The lowest BCUT2D eigenvalue weighted by Gasteiger charge is -2.40. The number of aryl methyl sites for hydroxylation is 3. The zero-order valence-electron chi connectivity index (χ0n) is 17.3. The standard InChI is InChI=1S/C23H25F3O6/c1-11-6-17(32-23(24,25)26)16(22-21(30)20(29)19(28)18(10-27)31-22)9-15(11)8-12-2-3-13-4-5-14(13)7-12/h2-3,6-7,9,18-22,27-30H,4-5,8,10H2,1H3/t18-,19-,20+,21-,22+/m1/s1. The van der Waals surface area contributed by atoms with E-state index in [1.165, 1.54) is 23.3 Å². The molecule has 0 saturated carbocycles. The quantitative estimate of drug-likeness (QED) is 0.552. The lowest BCUT2D eigenvalue weighted by atomic mass is 9.85. The van der Waals surface area contributed by atoms with E-state index in [0.29, 0.717) is 17.5 Å². The van der Waals surface area contributed by atoms with Gasteiger partial charge in [-0.25, -0.2) is 0 Å². The van der Waals surface area contributed by atoms with Crippen molar-refractivity contribution in [1.82, 2.24) is 0 Å². The van der Waals surface area contributed by atoms with Gasteiger partial charge < -0.3 is 29.9 Å². The zero-order chi connectivity index (χ0) is 23.2. The Kier molecular flexibility index (Phi) is 6.21. The van der Waals surface area contributed by atoms with Crippen molar-refractivity contribution in [2.24, 2.45) is 0 Å². The fourth-order valence-corrected chi connectivity index (χ4v) is 4.31. The highest BCUT2D eigenvalue weighted by molar-refractivity contribution is 5.47. The maximum absolute atomic E-state index is 13.1. The van der Waals surface area contributed by atoms with Crippen LogP contribution in [0.15, 0.2) is 30.3 Å². The van der Waals surface area contributed by atoms with Crippen LogP contribution in [-0.4, -0.2) is 57.8 Å². The number of aliphatic hydroxyl groups excluding tert-OH is 4. The molecule has 9 heteroatoms. The Bertz CT molecular complexity index is 990. The Balaban J connectivity index is 1.73. The summed E-state index contributed by atoms with van der Waals surface area (Å²) in [4.78, 5) is 0. The normalized spacial score (nSPS) is 27.6. The number of hydrogen-bond donors (Lipinski definition) is 4. The Morgan fingerprint density at radius 2 is 1.72 bits per heavy atom. The van der Waals surface area contributed by atoms with Gasteiger partial charge in [-0.2, -0.15) is 0 Å². The van der Waals surface area contributed by atoms with Crippen LogP contribution in [0, 0.1) is 6.92 Å². The lowest BCUT2D eigenvalue weighted by Crippen LogP contribution is -2.55. The van der Waals surface area contributed by atoms with Crippen LogP contribution in [-0.2, 0) is 24.0 Å². The van der Waals surface area contributed by atoms with Crippen molar-refractivity contribution in [3.8, 4) is 5.75 Å². The van der Waals surface area contributed by atoms with Crippen LogP contribution in [0.25, 0.3) is 0 Å². The monoisotopic (exact) mass is 454 g/mol. The van der Waals surface area contributed by atoms with Gasteiger partial charge in [0.05, 0.1) is 6.61 Å². The van der Waals surface area contributed by atoms with Gasteiger partial charge in [0.1, 0.15) is 36.3 Å². The number of rotatable bonds is 5. The maximum atomic E-state index is 13.1. The second kappa shape index (κ2) is 8.64. The average Bonchev–Trinajstić information content (AvgIpc) is 2.70. The smallest absolute Gasteiger partial charge is 0.405 e. The molecule has 0 spiro atoms. The topological polar surface area (TPSA) is 99.4 Å². The first kappa shape index (κ1) is 23.0. The van der Waals surface area contributed by atoms with Gasteiger partial charge in [0.2, 0.25) is 0 Å². The molecule has 0 radical (unpaired) electrons. The van der Waals surface area contributed by atoms with E-state index in [1.54, 1.807) is 6.92 Å². The minimum absolute atomic E-state index is 0.122. The van der Waals surface area contributed by atoms with E-state index < -0.39 is 49.2 Å². The average molecular weight is 454 g/mol. The molecule has 0 aromatic heterocycles. The summed E-state index contributed by atoms with van der Waals surface area (Å²) in [5.41, 5.74) is 4.68. The van der Waals surface area contributed by atoms with Gasteiger partial charge in [-0.05, 0) is 66.1 Å².